The number of hydrogen-bond donors (Lipinski definition) is 4. The van der Waals surface area contributed by atoms with Gasteiger partial charge in [0.2, 0.25) is 15.9 Å². The number of halogens is 2. The fourth-order valence-corrected chi connectivity index (χ4v) is 6.50. The normalized spacial score (nSPS) is 16.7. The molecule has 4 rings (SSSR count). The summed E-state index contributed by atoms with van der Waals surface area (Å²) in [5.41, 5.74) is 0.990. The predicted octanol–water partition coefficient (Wildman–Crippen LogP) is 2.76. The van der Waals surface area contributed by atoms with Crippen LogP contribution in [0.15, 0.2) is 77.7 Å². The van der Waals surface area contributed by atoms with Crippen molar-refractivity contribution in [1.82, 2.24) is 14.9 Å². The third-order valence-electron chi connectivity index (χ3n) is 7.51. The first kappa shape index (κ1) is 32.2. The second-order valence-corrected chi connectivity index (χ2v) is 12.6. The summed E-state index contributed by atoms with van der Waals surface area (Å²) in [6, 6.07) is 15.8. The van der Waals surface area contributed by atoms with Crippen LogP contribution in [0.4, 0.5) is 8.78 Å². The van der Waals surface area contributed by atoms with Gasteiger partial charge in [0.15, 0.2) is 0 Å². The molecule has 1 heterocycles. The number of nitrogens with one attached hydrogen (secondary N) is 2. The van der Waals surface area contributed by atoms with E-state index in [0.29, 0.717) is 19.2 Å². The molecule has 0 aliphatic carbocycles. The number of benzene rings is 3. The molecule has 230 valence electrons. The van der Waals surface area contributed by atoms with Crippen LogP contribution in [0, 0.1) is 17.6 Å². The van der Waals surface area contributed by atoms with E-state index in [1.807, 2.05) is 30.3 Å². The maximum atomic E-state index is 13.9. The van der Waals surface area contributed by atoms with E-state index in [-0.39, 0.29) is 29.0 Å². The molecule has 4 unspecified atom stereocenters. The van der Waals surface area contributed by atoms with Gasteiger partial charge in [0.25, 0.3) is 5.91 Å². The molecule has 0 bridgehead atoms. The minimum absolute atomic E-state index is 0.0310. The first-order valence-electron chi connectivity index (χ1n) is 14.0. The fraction of sp³-hybridized carbons (Fsp3) is 0.355. The number of amides is 2. The van der Waals surface area contributed by atoms with Crippen LogP contribution >= 0.6 is 0 Å². The van der Waals surface area contributed by atoms with Crippen molar-refractivity contribution in [2.75, 3.05) is 13.1 Å². The molecule has 1 aliphatic rings. The Morgan fingerprint density at radius 3 is 2.09 bits per heavy atom. The van der Waals surface area contributed by atoms with Crippen molar-refractivity contribution in [3.05, 3.63) is 101 Å². The fourth-order valence-electron chi connectivity index (χ4n) is 4.98. The zero-order chi connectivity index (χ0) is 31.1. The van der Waals surface area contributed by atoms with Crippen LogP contribution in [0.2, 0.25) is 0 Å². The molecular weight excluding hydrogens is 580 g/mol. The third-order valence-corrected chi connectivity index (χ3v) is 9.42. The lowest BCUT2D eigenvalue weighted by Crippen LogP contribution is -2.53. The van der Waals surface area contributed by atoms with Gasteiger partial charge >= 0.3 is 0 Å². The van der Waals surface area contributed by atoms with E-state index in [2.05, 4.69) is 10.6 Å². The number of rotatable bonds is 12. The number of sulfonamides is 1. The molecule has 1 saturated heterocycles. The van der Waals surface area contributed by atoms with E-state index in [1.54, 1.807) is 0 Å². The van der Waals surface area contributed by atoms with Gasteiger partial charge in [-0.3, -0.25) is 9.59 Å². The topological polar surface area (TPSA) is 136 Å². The molecule has 0 radical (unpaired) electrons. The zero-order valence-electron chi connectivity index (χ0n) is 23.6. The molecule has 0 aromatic heterocycles. The summed E-state index contributed by atoms with van der Waals surface area (Å²) in [6.45, 7) is 2.46. The van der Waals surface area contributed by atoms with Crippen molar-refractivity contribution >= 4 is 21.8 Å². The molecule has 4 atom stereocenters. The molecule has 0 saturated carbocycles. The van der Waals surface area contributed by atoms with Gasteiger partial charge in [-0.05, 0) is 66.8 Å². The summed E-state index contributed by atoms with van der Waals surface area (Å²) in [5, 5.41) is 27.3. The van der Waals surface area contributed by atoms with Crippen LogP contribution in [0.25, 0.3) is 0 Å². The van der Waals surface area contributed by atoms with E-state index >= 15 is 0 Å². The maximum Gasteiger partial charge on any atom is 0.251 e. The highest BCUT2D eigenvalue weighted by molar-refractivity contribution is 7.89. The Labute approximate surface area is 249 Å². The van der Waals surface area contributed by atoms with Crippen molar-refractivity contribution in [2.24, 2.45) is 5.92 Å². The minimum atomic E-state index is -3.70. The van der Waals surface area contributed by atoms with Crippen LogP contribution in [0.5, 0.6) is 0 Å². The molecule has 3 aromatic carbocycles. The average Bonchev–Trinajstić information content (AvgIpc) is 3.55. The minimum Gasteiger partial charge on any atom is -0.390 e. The molecule has 12 heteroatoms. The van der Waals surface area contributed by atoms with E-state index in [4.69, 9.17) is 0 Å². The van der Waals surface area contributed by atoms with Gasteiger partial charge in [0.1, 0.15) is 17.7 Å². The molecule has 2 amide bonds. The lowest BCUT2D eigenvalue weighted by atomic mass is 9.90. The van der Waals surface area contributed by atoms with Crippen molar-refractivity contribution in [3.8, 4) is 0 Å². The number of nitrogens with zero attached hydrogens (tertiary/aromatic N) is 1. The molecule has 1 fully saturated rings. The van der Waals surface area contributed by atoms with Gasteiger partial charge < -0.3 is 20.8 Å². The Balaban J connectivity index is 1.50. The van der Waals surface area contributed by atoms with Gasteiger partial charge in [-0.2, -0.15) is 4.31 Å². The second-order valence-electron chi connectivity index (χ2n) is 10.7. The lowest BCUT2D eigenvalue weighted by Gasteiger charge is -2.30. The quantitative estimate of drug-likeness (QED) is 0.248. The van der Waals surface area contributed by atoms with Gasteiger partial charge in [0, 0.05) is 31.3 Å². The van der Waals surface area contributed by atoms with Gasteiger partial charge in [0.05, 0.1) is 23.0 Å². The SMILES string of the molecule is CC(C(=O)NCc1ccccc1)C(O)C(O)C(Cc1cc(F)cc(F)c1)NC(=O)c1ccc(S(=O)(=O)N2CCCC2)cc1. The second kappa shape index (κ2) is 14.2. The molecule has 3 aromatic rings. The molecular formula is C31H35F2N3O6S. The molecule has 1 aliphatic heterocycles. The highest BCUT2D eigenvalue weighted by atomic mass is 32.2. The van der Waals surface area contributed by atoms with E-state index in [0.717, 1.165) is 30.5 Å². The third kappa shape index (κ3) is 8.23. The predicted molar refractivity (Wildman–Crippen MR) is 155 cm³/mol. The van der Waals surface area contributed by atoms with Crippen molar-refractivity contribution < 1.29 is 37.0 Å². The lowest BCUT2D eigenvalue weighted by molar-refractivity contribution is -0.131. The van der Waals surface area contributed by atoms with Crippen LogP contribution in [0.1, 0.15) is 41.3 Å². The Morgan fingerprint density at radius 1 is 0.884 bits per heavy atom. The summed E-state index contributed by atoms with van der Waals surface area (Å²) in [6.07, 6.45) is -2.11. The monoisotopic (exact) mass is 615 g/mol. The Hall–Kier alpha value is -3.71. The summed E-state index contributed by atoms with van der Waals surface area (Å²) in [7, 11) is -3.70. The van der Waals surface area contributed by atoms with Crippen molar-refractivity contribution in [3.63, 3.8) is 0 Å². The van der Waals surface area contributed by atoms with Crippen LogP contribution < -0.4 is 10.6 Å². The zero-order valence-corrected chi connectivity index (χ0v) is 24.4. The number of carbonyl (C=O) groups excluding carboxylic acids is 2. The van der Waals surface area contributed by atoms with Gasteiger partial charge in [-0.25, -0.2) is 17.2 Å². The van der Waals surface area contributed by atoms with Crippen molar-refractivity contribution in [2.45, 2.75) is 55.9 Å². The van der Waals surface area contributed by atoms with E-state index < -0.39 is 57.6 Å². The van der Waals surface area contributed by atoms with E-state index in [9.17, 15) is 37.0 Å². The highest BCUT2D eigenvalue weighted by Crippen LogP contribution is 2.22. The van der Waals surface area contributed by atoms with Crippen LogP contribution in [0.3, 0.4) is 0 Å². The summed E-state index contributed by atoms with van der Waals surface area (Å²) in [5.74, 6) is -4.11. The summed E-state index contributed by atoms with van der Waals surface area (Å²) < 4.78 is 54.9. The Morgan fingerprint density at radius 2 is 1.49 bits per heavy atom. The summed E-state index contributed by atoms with van der Waals surface area (Å²) in [4.78, 5) is 26.0. The molecule has 9 nitrogen and oxygen atoms in total. The molecule has 0 spiro atoms. The molecule has 4 N–H and O–H groups in total. The summed E-state index contributed by atoms with van der Waals surface area (Å²) >= 11 is 0. The largest absolute Gasteiger partial charge is 0.390 e. The smallest absolute Gasteiger partial charge is 0.251 e. The van der Waals surface area contributed by atoms with Crippen LogP contribution in [-0.2, 0) is 27.8 Å². The number of aliphatic hydroxyl groups is 2. The average molecular weight is 616 g/mol. The van der Waals surface area contributed by atoms with Gasteiger partial charge in [-0.1, -0.05) is 37.3 Å². The van der Waals surface area contributed by atoms with E-state index in [1.165, 1.54) is 35.5 Å². The van der Waals surface area contributed by atoms with Crippen LogP contribution in [-0.4, -0.2) is 66.1 Å². The first-order chi connectivity index (χ1) is 20.5. The Kier molecular flexibility index (Phi) is 10.6. The van der Waals surface area contributed by atoms with Gasteiger partial charge in [-0.15, -0.1) is 0 Å². The highest BCUT2D eigenvalue weighted by Gasteiger charge is 2.35. The Bertz CT molecular complexity index is 1500. The first-order valence-corrected chi connectivity index (χ1v) is 15.4. The van der Waals surface area contributed by atoms with Crippen molar-refractivity contribution in [1.29, 1.82) is 0 Å². The molecule has 43 heavy (non-hydrogen) atoms. The maximum absolute atomic E-state index is 13.9. The number of aliphatic hydroxyl groups excluding tert-OH is 2. The standard InChI is InChI=1S/C31H35F2N3O6S/c1-20(30(39)34-19-21-7-3-2-4-8-21)28(37)29(38)27(17-22-15-24(32)18-25(33)16-22)35-31(40)23-9-11-26(12-10-23)43(41,42)36-13-5-6-14-36/h2-4,7-12,15-16,18,20,27-29,37-38H,5-6,13-14,17,19H2,1H3,(H,34,39)(H,35,40). The number of carbonyl (C=O) groups is 2. The number of hydrogen-bond acceptors (Lipinski definition) is 6.